The van der Waals surface area contributed by atoms with E-state index >= 15 is 0 Å². The van der Waals surface area contributed by atoms with E-state index in [0.29, 0.717) is 23.2 Å². The van der Waals surface area contributed by atoms with Gasteiger partial charge >= 0.3 is 0 Å². The van der Waals surface area contributed by atoms with Crippen molar-refractivity contribution in [3.63, 3.8) is 0 Å². The molecule has 2 atom stereocenters. The summed E-state index contributed by atoms with van der Waals surface area (Å²) in [6, 6.07) is 2.45. The molecule has 0 N–H and O–H groups in total. The van der Waals surface area contributed by atoms with Gasteiger partial charge in [-0.1, -0.05) is 28.9 Å². The van der Waals surface area contributed by atoms with Gasteiger partial charge in [0.1, 0.15) is 0 Å². The molecule has 4 heteroatoms. The van der Waals surface area contributed by atoms with Crippen molar-refractivity contribution in [2.75, 3.05) is 7.11 Å². The maximum atomic E-state index is 8.75. The van der Waals surface area contributed by atoms with E-state index in [1.54, 1.807) is 7.11 Å². The van der Waals surface area contributed by atoms with Crippen molar-refractivity contribution >= 4 is 21.8 Å². The number of aliphatic imine (C=N–C) groups is 1. The van der Waals surface area contributed by atoms with Crippen LogP contribution in [0.1, 0.15) is 32.6 Å². The molecule has 0 saturated heterocycles. The maximum absolute atomic E-state index is 8.75. The number of nitrogens with zero attached hydrogens (tertiary/aromatic N) is 2. The second kappa shape index (κ2) is 6.70. The molecule has 88 valence electrons. The zero-order valence-electron chi connectivity index (χ0n) is 9.74. The van der Waals surface area contributed by atoms with Crippen LogP contribution in [0.25, 0.3) is 0 Å². The summed E-state index contributed by atoms with van der Waals surface area (Å²) in [6.07, 6.45) is 5.51. The van der Waals surface area contributed by atoms with E-state index in [-0.39, 0.29) is 0 Å². The molecule has 0 heterocycles. The molecule has 1 rings (SSSR count). The van der Waals surface area contributed by atoms with Crippen molar-refractivity contribution < 1.29 is 4.74 Å². The normalized spacial score (nSPS) is 25.9. The predicted molar refractivity (Wildman–Crippen MR) is 68.8 cm³/mol. The molecule has 1 aliphatic rings. The fourth-order valence-electron chi connectivity index (χ4n) is 1.57. The second-order valence-corrected chi connectivity index (χ2v) is 4.95. The summed E-state index contributed by atoms with van der Waals surface area (Å²) >= 11 is 3.56. The first-order chi connectivity index (χ1) is 7.72. The molecule has 1 aliphatic carbocycles. The van der Waals surface area contributed by atoms with Gasteiger partial charge in [-0.05, 0) is 19.3 Å². The van der Waals surface area contributed by atoms with E-state index in [0.717, 1.165) is 24.8 Å². The Morgan fingerprint density at radius 3 is 2.75 bits per heavy atom. The zero-order valence-corrected chi connectivity index (χ0v) is 11.3. The van der Waals surface area contributed by atoms with Crippen LogP contribution in [-0.2, 0) is 4.74 Å². The lowest BCUT2D eigenvalue weighted by molar-refractivity contribution is 0.378. The second-order valence-electron chi connectivity index (χ2n) is 3.77. The molecule has 0 amide bonds. The van der Waals surface area contributed by atoms with Crippen LogP contribution in [0.2, 0.25) is 0 Å². The van der Waals surface area contributed by atoms with E-state index in [1.165, 1.54) is 0 Å². The van der Waals surface area contributed by atoms with Crippen LogP contribution in [0.4, 0.5) is 0 Å². The highest BCUT2D eigenvalue weighted by Crippen LogP contribution is 2.30. The van der Waals surface area contributed by atoms with Crippen molar-refractivity contribution in [3.8, 4) is 6.07 Å². The number of hydrogen-bond acceptors (Lipinski definition) is 3. The van der Waals surface area contributed by atoms with Gasteiger partial charge in [-0.3, -0.25) is 0 Å². The Morgan fingerprint density at radius 1 is 1.62 bits per heavy atom. The van der Waals surface area contributed by atoms with Gasteiger partial charge in [0.2, 0.25) is 5.90 Å². The predicted octanol–water partition coefficient (Wildman–Crippen LogP) is 3.21. The number of methoxy groups -OCH3 is 1. The molecule has 0 spiro atoms. The summed E-state index contributed by atoms with van der Waals surface area (Å²) in [5.41, 5.74) is 0.902. The molecule has 0 aromatic carbocycles. The number of nitriles is 1. The summed E-state index contributed by atoms with van der Waals surface area (Å²) < 4.78 is 5.28. The average Bonchev–Trinajstić information content (AvgIpc) is 2.28. The minimum atomic E-state index is 0.300. The molecular formula is C12H17BrN2O. The summed E-state index contributed by atoms with van der Waals surface area (Å²) in [6.45, 7) is 2.04. The highest BCUT2D eigenvalue weighted by Gasteiger charge is 2.28. The first-order valence-electron chi connectivity index (χ1n) is 5.55. The Morgan fingerprint density at radius 2 is 2.38 bits per heavy atom. The van der Waals surface area contributed by atoms with Crippen molar-refractivity contribution in [1.82, 2.24) is 0 Å². The SMILES string of the molecule is CC/C=C(CC#N)\C(=N/[C@@H]1CCC1Br)OC. The highest BCUT2D eigenvalue weighted by atomic mass is 79.9. The first kappa shape index (κ1) is 13.2. The molecule has 0 aromatic rings. The Kier molecular flexibility index (Phi) is 5.54. The van der Waals surface area contributed by atoms with Gasteiger partial charge in [0.15, 0.2) is 0 Å². The van der Waals surface area contributed by atoms with Crippen LogP contribution in [0.3, 0.4) is 0 Å². The molecule has 0 aromatic heterocycles. The van der Waals surface area contributed by atoms with Gasteiger partial charge in [-0.15, -0.1) is 0 Å². The monoisotopic (exact) mass is 284 g/mol. The minimum absolute atomic E-state index is 0.300. The van der Waals surface area contributed by atoms with Gasteiger partial charge in [-0.25, -0.2) is 4.99 Å². The lowest BCUT2D eigenvalue weighted by Gasteiger charge is -2.29. The van der Waals surface area contributed by atoms with Crippen molar-refractivity contribution in [3.05, 3.63) is 11.6 Å². The minimum Gasteiger partial charge on any atom is -0.481 e. The van der Waals surface area contributed by atoms with Crippen molar-refractivity contribution in [2.24, 2.45) is 4.99 Å². The van der Waals surface area contributed by atoms with E-state index in [1.807, 2.05) is 13.0 Å². The van der Waals surface area contributed by atoms with Crippen molar-refractivity contribution in [2.45, 2.75) is 43.5 Å². The molecule has 0 bridgehead atoms. The average molecular weight is 285 g/mol. The number of allylic oxidation sites excluding steroid dienone is 1. The fraction of sp³-hybridized carbons (Fsp3) is 0.667. The molecule has 16 heavy (non-hydrogen) atoms. The summed E-state index contributed by atoms with van der Waals surface area (Å²) in [4.78, 5) is 5.01. The third-order valence-electron chi connectivity index (χ3n) is 2.63. The largest absolute Gasteiger partial charge is 0.481 e. The summed E-state index contributed by atoms with van der Waals surface area (Å²) in [5, 5.41) is 8.75. The summed E-state index contributed by atoms with van der Waals surface area (Å²) in [7, 11) is 1.61. The molecule has 3 nitrogen and oxygen atoms in total. The van der Waals surface area contributed by atoms with Crippen LogP contribution in [0.5, 0.6) is 0 Å². The van der Waals surface area contributed by atoms with Crippen LogP contribution >= 0.6 is 15.9 Å². The molecule has 0 radical (unpaired) electrons. The first-order valence-corrected chi connectivity index (χ1v) is 6.46. The van der Waals surface area contributed by atoms with Gasteiger partial charge in [0.05, 0.1) is 25.6 Å². The lowest BCUT2D eigenvalue weighted by atomic mass is 9.93. The van der Waals surface area contributed by atoms with E-state index < -0.39 is 0 Å². The third-order valence-corrected chi connectivity index (χ3v) is 3.69. The number of alkyl halides is 1. The quantitative estimate of drug-likeness (QED) is 0.452. The lowest BCUT2D eigenvalue weighted by Crippen LogP contribution is -2.31. The molecule has 0 aliphatic heterocycles. The van der Waals surface area contributed by atoms with Gasteiger partial charge < -0.3 is 4.74 Å². The van der Waals surface area contributed by atoms with Crippen LogP contribution < -0.4 is 0 Å². The smallest absolute Gasteiger partial charge is 0.212 e. The van der Waals surface area contributed by atoms with Crippen LogP contribution in [0.15, 0.2) is 16.6 Å². The Bertz CT molecular complexity index is 330. The van der Waals surface area contributed by atoms with Crippen molar-refractivity contribution in [1.29, 1.82) is 5.26 Å². The number of rotatable bonds is 4. The topological polar surface area (TPSA) is 45.4 Å². The molecule has 1 unspecified atom stereocenters. The fourth-order valence-corrected chi connectivity index (χ4v) is 2.22. The number of ether oxygens (including phenoxy) is 1. The Balaban J connectivity index is 2.78. The third kappa shape index (κ3) is 3.34. The zero-order chi connectivity index (χ0) is 12.0. The van der Waals surface area contributed by atoms with E-state index in [4.69, 9.17) is 10.00 Å². The summed E-state index contributed by atoms with van der Waals surface area (Å²) in [5.74, 6) is 0.623. The van der Waals surface area contributed by atoms with E-state index in [9.17, 15) is 0 Å². The van der Waals surface area contributed by atoms with Crippen LogP contribution in [0, 0.1) is 11.3 Å². The molecular weight excluding hydrogens is 268 g/mol. The van der Waals surface area contributed by atoms with Gasteiger partial charge in [0, 0.05) is 10.4 Å². The van der Waals surface area contributed by atoms with Gasteiger partial charge in [0.25, 0.3) is 0 Å². The standard InChI is InChI=1S/C12H17BrN2O/c1-3-4-9(7-8-14)12(16-2)15-11-6-5-10(11)13/h4,10-11H,3,5-7H2,1-2H3/b9-4-,15-12+/t10?,11-/m1/s1. The number of hydrogen-bond donors (Lipinski definition) is 0. The molecule has 1 saturated carbocycles. The Hall–Kier alpha value is -0.820. The highest BCUT2D eigenvalue weighted by molar-refractivity contribution is 9.09. The Labute approximate surface area is 105 Å². The number of halogens is 1. The van der Waals surface area contributed by atoms with Gasteiger partial charge in [-0.2, -0.15) is 5.26 Å². The maximum Gasteiger partial charge on any atom is 0.212 e. The van der Waals surface area contributed by atoms with Crippen LogP contribution in [-0.4, -0.2) is 23.9 Å². The van der Waals surface area contributed by atoms with E-state index in [2.05, 4.69) is 27.0 Å². The molecule has 1 fully saturated rings.